The molecule has 3 aromatic rings. The van der Waals surface area contributed by atoms with Gasteiger partial charge in [0.05, 0.1) is 29.4 Å². The minimum Gasteiger partial charge on any atom is -0.473 e. The van der Waals surface area contributed by atoms with Crippen molar-refractivity contribution in [2.75, 3.05) is 0 Å². The number of nitrogens with one attached hydrogen (secondary N) is 1. The highest BCUT2D eigenvalue weighted by atomic mass is 19.1. The Hall–Kier alpha value is -4.45. The lowest BCUT2D eigenvalue weighted by Crippen LogP contribution is -2.46. The number of aromatic nitrogens is 2. The van der Waals surface area contributed by atoms with Gasteiger partial charge in [-0.15, -0.1) is 0 Å². The molecule has 0 radical (unpaired) electrons. The number of carboxylic acids is 1. The van der Waals surface area contributed by atoms with Crippen LogP contribution in [0.2, 0.25) is 0 Å². The Morgan fingerprint density at radius 3 is 2.45 bits per heavy atom. The fraction of sp³-hybridized carbons (Fsp3) is 0.357. The number of aliphatic hydroxyl groups excluding tert-OH is 1. The van der Waals surface area contributed by atoms with Crippen LogP contribution in [-0.4, -0.2) is 61.7 Å². The Morgan fingerprint density at radius 2 is 1.80 bits per heavy atom. The molecule has 0 aliphatic carbocycles. The lowest BCUT2D eigenvalue weighted by atomic mass is 9.87. The van der Waals surface area contributed by atoms with Crippen LogP contribution < -0.4 is 11.1 Å². The van der Waals surface area contributed by atoms with E-state index >= 15 is 0 Å². The average molecular weight is 555 g/mol. The molecule has 3 rings (SSSR count). The monoisotopic (exact) mass is 554 g/mol. The molecular weight excluding hydrogens is 523 g/mol. The van der Waals surface area contributed by atoms with Crippen LogP contribution >= 0.6 is 0 Å². The maximum absolute atomic E-state index is 13.9. The van der Waals surface area contributed by atoms with E-state index in [9.17, 15) is 28.7 Å². The first-order valence-corrected chi connectivity index (χ1v) is 12.6. The van der Waals surface area contributed by atoms with E-state index in [1.165, 1.54) is 38.2 Å². The summed E-state index contributed by atoms with van der Waals surface area (Å²) in [7, 11) is 0. The predicted molar refractivity (Wildman–Crippen MR) is 141 cm³/mol. The Balaban J connectivity index is 1.78. The van der Waals surface area contributed by atoms with Crippen LogP contribution in [0.5, 0.6) is 0 Å². The van der Waals surface area contributed by atoms with Crippen molar-refractivity contribution in [3.05, 3.63) is 71.8 Å². The quantitative estimate of drug-likeness (QED) is 0.193. The zero-order chi connectivity index (χ0) is 29.4. The molecular formula is C28H31FN4O7. The van der Waals surface area contributed by atoms with Gasteiger partial charge in [-0.1, -0.05) is 24.3 Å². The highest BCUT2D eigenvalue weighted by Gasteiger charge is 2.32. The van der Waals surface area contributed by atoms with Gasteiger partial charge >= 0.3 is 11.9 Å². The van der Waals surface area contributed by atoms with Crippen molar-refractivity contribution in [1.82, 2.24) is 15.3 Å². The molecule has 0 bridgehead atoms. The van der Waals surface area contributed by atoms with Crippen molar-refractivity contribution >= 4 is 34.8 Å². The largest absolute Gasteiger partial charge is 0.473 e. The van der Waals surface area contributed by atoms with Gasteiger partial charge in [0.25, 0.3) is 5.91 Å². The maximum Gasteiger partial charge on any atom is 0.417 e. The van der Waals surface area contributed by atoms with Crippen LogP contribution in [0.25, 0.3) is 11.0 Å². The number of hydrogen-bond donors (Lipinski definition) is 4. The molecule has 0 saturated carbocycles. The first kappa shape index (κ1) is 30.1. The van der Waals surface area contributed by atoms with E-state index < -0.39 is 53.2 Å². The maximum atomic E-state index is 13.9. The van der Waals surface area contributed by atoms with Gasteiger partial charge in [-0.25, -0.2) is 19.0 Å². The van der Waals surface area contributed by atoms with E-state index in [0.29, 0.717) is 16.6 Å². The van der Waals surface area contributed by atoms with E-state index in [2.05, 4.69) is 15.3 Å². The van der Waals surface area contributed by atoms with Crippen molar-refractivity contribution in [2.45, 2.75) is 57.3 Å². The minimum atomic E-state index is -1.75. The van der Waals surface area contributed by atoms with Crippen LogP contribution in [-0.2, 0) is 25.5 Å². The molecule has 0 aliphatic heterocycles. The summed E-state index contributed by atoms with van der Waals surface area (Å²) in [6.45, 7) is 2.97. The molecule has 2 amide bonds. The van der Waals surface area contributed by atoms with Gasteiger partial charge in [0.1, 0.15) is 17.1 Å². The van der Waals surface area contributed by atoms with E-state index in [0.717, 1.165) is 0 Å². The number of fused-ring (bicyclic) bond motifs is 1. The number of aliphatic carboxylic acids is 1. The summed E-state index contributed by atoms with van der Waals surface area (Å²) in [6.07, 6.45) is -0.0253. The van der Waals surface area contributed by atoms with Gasteiger partial charge < -0.3 is 26.0 Å². The number of nitrogens with zero attached hydrogens (tertiary/aromatic N) is 2. The molecule has 3 atom stereocenters. The van der Waals surface area contributed by atoms with Crippen molar-refractivity contribution in [3.63, 3.8) is 0 Å². The Kier molecular flexibility index (Phi) is 9.83. The molecule has 0 aliphatic rings. The molecule has 0 spiro atoms. The third-order valence-corrected chi connectivity index (χ3v) is 6.37. The number of rotatable bonds is 12. The number of para-hydroxylation sites is 2. The summed E-state index contributed by atoms with van der Waals surface area (Å²) >= 11 is 0. The number of esters is 1. The molecule has 1 aromatic heterocycles. The van der Waals surface area contributed by atoms with Gasteiger partial charge in [0.15, 0.2) is 0 Å². The number of primary amides is 1. The highest BCUT2D eigenvalue weighted by molar-refractivity contribution is 6.28. The fourth-order valence-corrected chi connectivity index (χ4v) is 4.21. The van der Waals surface area contributed by atoms with Crippen molar-refractivity contribution < 1.29 is 38.5 Å². The van der Waals surface area contributed by atoms with E-state index in [-0.39, 0.29) is 31.4 Å². The number of halogens is 1. The van der Waals surface area contributed by atoms with Crippen LogP contribution in [0.4, 0.5) is 4.39 Å². The number of carboxylic acid groups (broad SMARTS) is 1. The average Bonchev–Trinajstić information content (AvgIpc) is 2.89. The molecule has 12 heteroatoms. The third-order valence-electron chi connectivity index (χ3n) is 6.37. The highest BCUT2D eigenvalue weighted by Crippen LogP contribution is 2.24. The molecule has 3 unspecified atom stereocenters. The molecule has 0 fully saturated rings. The van der Waals surface area contributed by atoms with Gasteiger partial charge in [-0.3, -0.25) is 14.6 Å². The summed E-state index contributed by atoms with van der Waals surface area (Å²) in [5.41, 5.74) is 5.94. The van der Waals surface area contributed by atoms with E-state index in [1.807, 2.05) is 0 Å². The van der Waals surface area contributed by atoms with Crippen LogP contribution in [0, 0.1) is 11.7 Å². The molecule has 40 heavy (non-hydrogen) atoms. The molecule has 2 aromatic carbocycles. The van der Waals surface area contributed by atoms with Crippen molar-refractivity contribution in [1.29, 1.82) is 0 Å². The van der Waals surface area contributed by atoms with Gasteiger partial charge in [-0.05, 0) is 69.4 Å². The van der Waals surface area contributed by atoms with Crippen molar-refractivity contribution in [2.24, 2.45) is 11.7 Å². The summed E-state index contributed by atoms with van der Waals surface area (Å²) in [5.74, 6) is -5.96. The number of nitrogens with two attached hydrogens (primary N) is 1. The Morgan fingerprint density at radius 1 is 1.10 bits per heavy atom. The summed E-state index contributed by atoms with van der Waals surface area (Å²) in [6, 6.07) is 11.7. The summed E-state index contributed by atoms with van der Waals surface area (Å²) in [5, 5.41) is 22.7. The number of ether oxygens (including phenoxy) is 1. The number of carbonyl (C=O) groups excluding carboxylic acids is 3. The number of carbonyl (C=O) groups is 4. The zero-order valence-corrected chi connectivity index (χ0v) is 22.0. The summed E-state index contributed by atoms with van der Waals surface area (Å²) in [4.78, 5) is 56.2. The lowest BCUT2D eigenvalue weighted by molar-refractivity contribution is -0.173. The molecule has 5 N–H and O–H groups in total. The molecule has 11 nitrogen and oxygen atoms in total. The van der Waals surface area contributed by atoms with Crippen molar-refractivity contribution in [3.8, 4) is 0 Å². The lowest BCUT2D eigenvalue weighted by Gasteiger charge is -2.29. The van der Waals surface area contributed by atoms with Crippen LogP contribution in [0.1, 0.15) is 49.2 Å². The smallest absolute Gasteiger partial charge is 0.417 e. The third kappa shape index (κ3) is 8.53. The molecule has 0 saturated heterocycles. The topological polar surface area (TPSA) is 182 Å². The fourth-order valence-electron chi connectivity index (χ4n) is 4.21. The summed E-state index contributed by atoms with van der Waals surface area (Å²) < 4.78 is 18.8. The van der Waals surface area contributed by atoms with Gasteiger partial charge in [0.2, 0.25) is 5.91 Å². The van der Waals surface area contributed by atoms with Crippen LogP contribution in [0.15, 0.2) is 54.7 Å². The second-order valence-electron chi connectivity index (χ2n) is 10.1. The Bertz CT molecular complexity index is 1400. The standard InChI is InChI=1S/C28H31FN4O7/c1-28(2,40-27(39)26(37)38)11-10-17(24(30)35)14-23(34)21(13-16-6-5-7-18(29)12-16)33-25(36)22-15-31-19-8-3-4-9-20(19)32-22/h3-9,12,15,17,21,23,34H,10-11,13-14H2,1-2H3,(H2,30,35)(H,33,36)(H,37,38). The number of hydrogen-bond acceptors (Lipinski definition) is 8. The first-order chi connectivity index (χ1) is 18.8. The van der Waals surface area contributed by atoms with E-state index in [1.54, 1.807) is 30.3 Å². The van der Waals surface area contributed by atoms with E-state index in [4.69, 9.17) is 15.6 Å². The first-order valence-electron chi connectivity index (χ1n) is 12.6. The second kappa shape index (κ2) is 13.1. The minimum absolute atomic E-state index is 0.00332. The van der Waals surface area contributed by atoms with Gasteiger partial charge in [-0.2, -0.15) is 0 Å². The number of benzene rings is 2. The Labute approximate surface area is 229 Å². The zero-order valence-electron chi connectivity index (χ0n) is 22.0. The molecule has 1 heterocycles. The molecule has 212 valence electrons. The van der Waals surface area contributed by atoms with Crippen LogP contribution in [0.3, 0.4) is 0 Å². The predicted octanol–water partition coefficient (Wildman–Crippen LogP) is 2.15. The number of amides is 2. The van der Waals surface area contributed by atoms with Gasteiger partial charge in [0, 0.05) is 5.92 Å². The SMILES string of the molecule is CC(C)(CCC(CC(O)C(Cc1cccc(F)c1)NC(=O)c1cnc2ccccc2n1)C(N)=O)OC(=O)C(=O)O. The normalized spacial score (nSPS) is 13.7. The second-order valence-corrected chi connectivity index (χ2v) is 10.1. The number of aliphatic hydroxyl groups is 1.